The fourth-order valence-electron chi connectivity index (χ4n) is 5.40. The van der Waals surface area contributed by atoms with Crippen LogP contribution >= 0.6 is 11.6 Å². The van der Waals surface area contributed by atoms with Crippen molar-refractivity contribution < 1.29 is 4.79 Å². The number of piperazine rings is 1. The third-order valence-electron chi connectivity index (χ3n) is 7.48. The van der Waals surface area contributed by atoms with Gasteiger partial charge in [-0.2, -0.15) is 0 Å². The van der Waals surface area contributed by atoms with Crippen molar-refractivity contribution in [3.63, 3.8) is 0 Å². The molecule has 4 rings (SSSR count). The van der Waals surface area contributed by atoms with Crippen LogP contribution in [0.1, 0.15) is 61.3 Å². The molecule has 0 bridgehead atoms. The van der Waals surface area contributed by atoms with Crippen LogP contribution in [-0.2, 0) is 6.54 Å². The molecule has 0 radical (unpaired) electrons. The molecule has 1 atom stereocenters. The first kappa shape index (κ1) is 27.3. The summed E-state index contributed by atoms with van der Waals surface area (Å²) in [5.41, 5.74) is 14.4. The van der Waals surface area contributed by atoms with Crippen molar-refractivity contribution in [2.75, 3.05) is 55.6 Å². The van der Waals surface area contributed by atoms with Gasteiger partial charge in [0.2, 0.25) is 0 Å². The number of likely N-dealkylation sites (tertiary alicyclic amines) is 1. The van der Waals surface area contributed by atoms with Gasteiger partial charge in [-0.05, 0) is 51.8 Å². The zero-order valence-electron chi connectivity index (χ0n) is 22.2. The Kier molecular flexibility index (Phi) is 9.04. The van der Waals surface area contributed by atoms with Gasteiger partial charge in [0.15, 0.2) is 22.5 Å². The zero-order valence-corrected chi connectivity index (χ0v) is 23.0. The maximum atomic E-state index is 12.4. The number of nitrogens with one attached hydrogen (secondary N) is 1. The first-order chi connectivity index (χ1) is 17.8. The van der Waals surface area contributed by atoms with Gasteiger partial charge in [0.1, 0.15) is 5.82 Å². The van der Waals surface area contributed by atoms with Gasteiger partial charge in [-0.1, -0.05) is 31.5 Å². The second kappa shape index (κ2) is 12.2. The van der Waals surface area contributed by atoms with E-state index in [-0.39, 0.29) is 22.6 Å². The van der Waals surface area contributed by atoms with Gasteiger partial charge < -0.3 is 21.7 Å². The third kappa shape index (κ3) is 6.42. The molecule has 0 spiro atoms. The number of halogens is 1. The third-order valence-corrected chi connectivity index (χ3v) is 7.74. The SMILES string of the molecule is CCCNC(=O)c1nc(Cl)c(N2CCN(C3CCN(Cc4ccc(C)nc4N)CC3)C(CC)C2)nc1N. The zero-order chi connectivity index (χ0) is 26.5. The number of hydrogen-bond donors (Lipinski definition) is 3. The highest BCUT2D eigenvalue weighted by Crippen LogP contribution is 2.30. The number of nitrogens with two attached hydrogens (primary N) is 2. The molecule has 202 valence electrons. The van der Waals surface area contributed by atoms with Crippen LogP contribution in [0.4, 0.5) is 17.5 Å². The topological polar surface area (TPSA) is 130 Å². The molecule has 0 saturated carbocycles. The van der Waals surface area contributed by atoms with Gasteiger partial charge in [-0.25, -0.2) is 15.0 Å². The fraction of sp³-hybridized carbons (Fsp3) is 0.615. The highest BCUT2D eigenvalue weighted by molar-refractivity contribution is 6.32. The van der Waals surface area contributed by atoms with Crippen LogP contribution in [0.25, 0.3) is 0 Å². The van der Waals surface area contributed by atoms with Crippen LogP contribution < -0.4 is 21.7 Å². The van der Waals surface area contributed by atoms with E-state index in [1.807, 2.05) is 19.9 Å². The molecule has 1 amide bonds. The van der Waals surface area contributed by atoms with Crippen molar-refractivity contribution >= 4 is 35.0 Å². The lowest BCUT2D eigenvalue weighted by Crippen LogP contribution is -2.58. The van der Waals surface area contributed by atoms with E-state index in [0.717, 1.165) is 76.2 Å². The molecule has 10 nitrogen and oxygen atoms in total. The second-order valence-corrected chi connectivity index (χ2v) is 10.4. The van der Waals surface area contributed by atoms with Crippen molar-refractivity contribution in [2.24, 2.45) is 0 Å². The summed E-state index contributed by atoms with van der Waals surface area (Å²) < 4.78 is 0. The number of carbonyl (C=O) groups is 1. The van der Waals surface area contributed by atoms with Crippen molar-refractivity contribution in [1.82, 2.24) is 30.1 Å². The number of piperidine rings is 1. The molecule has 2 aromatic heterocycles. The van der Waals surface area contributed by atoms with Gasteiger partial charge >= 0.3 is 0 Å². The Hall–Kier alpha value is -2.69. The maximum absolute atomic E-state index is 12.4. The second-order valence-electron chi connectivity index (χ2n) is 10.1. The maximum Gasteiger partial charge on any atom is 0.273 e. The number of anilines is 3. The minimum atomic E-state index is -0.343. The van der Waals surface area contributed by atoms with E-state index in [4.69, 9.17) is 23.1 Å². The molecular formula is C26H40ClN9O. The van der Waals surface area contributed by atoms with Crippen molar-refractivity contribution in [2.45, 2.75) is 65.1 Å². The van der Waals surface area contributed by atoms with Gasteiger partial charge in [-0.15, -0.1) is 0 Å². The normalized spacial score (nSPS) is 19.8. The lowest BCUT2D eigenvalue weighted by atomic mass is 9.98. The molecule has 1 unspecified atom stereocenters. The van der Waals surface area contributed by atoms with Gasteiger partial charge in [-0.3, -0.25) is 14.6 Å². The van der Waals surface area contributed by atoms with E-state index in [0.29, 0.717) is 30.3 Å². The Bertz CT molecular complexity index is 1090. The van der Waals surface area contributed by atoms with E-state index in [1.165, 1.54) is 0 Å². The molecule has 0 aliphatic carbocycles. The number of amides is 1. The summed E-state index contributed by atoms with van der Waals surface area (Å²) >= 11 is 6.51. The molecule has 5 N–H and O–H groups in total. The summed E-state index contributed by atoms with van der Waals surface area (Å²) in [5, 5.41) is 3.00. The number of nitrogens with zero attached hydrogens (tertiary/aromatic N) is 6. The van der Waals surface area contributed by atoms with Gasteiger partial charge in [0.05, 0.1) is 0 Å². The minimum absolute atomic E-state index is 0.0859. The van der Waals surface area contributed by atoms with E-state index < -0.39 is 0 Å². The predicted molar refractivity (Wildman–Crippen MR) is 149 cm³/mol. The van der Waals surface area contributed by atoms with Crippen LogP contribution in [0, 0.1) is 6.92 Å². The summed E-state index contributed by atoms with van der Waals surface area (Å²) in [5.74, 6) is 0.967. The number of carbonyl (C=O) groups excluding carboxylic acids is 1. The number of nitrogen functional groups attached to an aromatic ring is 2. The highest BCUT2D eigenvalue weighted by Gasteiger charge is 2.34. The lowest BCUT2D eigenvalue weighted by Gasteiger charge is -2.47. The molecule has 2 saturated heterocycles. The molecule has 2 fully saturated rings. The summed E-state index contributed by atoms with van der Waals surface area (Å²) in [6, 6.07) is 5.06. The number of pyridine rings is 1. The minimum Gasteiger partial charge on any atom is -0.383 e. The molecular weight excluding hydrogens is 490 g/mol. The molecule has 11 heteroatoms. The van der Waals surface area contributed by atoms with Crippen molar-refractivity contribution in [3.05, 3.63) is 34.2 Å². The molecule has 0 aromatic carbocycles. The Morgan fingerprint density at radius 3 is 2.51 bits per heavy atom. The molecule has 2 aliphatic rings. The van der Waals surface area contributed by atoms with Gasteiger partial charge in [0.25, 0.3) is 5.91 Å². The number of aryl methyl sites for hydroxylation is 1. The Labute approximate surface area is 224 Å². The van der Waals surface area contributed by atoms with Crippen LogP contribution in [0.3, 0.4) is 0 Å². The van der Waals surface area contributed by atoms with E-state index in [2.05, 4.69) is 48.0 Å². The molecule has 4 heterocycles. The van der Waals surface area contributed by atoms with Crippen LogP contribution in [0.5, 0.6) is 0 Å². The summed E-state index contributed by atoms with van der Waals surface area (Å²) in [6.07, 6.45) is 4.11. The lowest BCUT2D eigenvalue weighted by molar-refractivity contribution is 0.0611. The Balaban J connectivity index is 1.36. The number of hydrogen-bond acceptors (Lipinski definition) is 9. The first-order valence-corrected chi connectivity index (χ1v) is 13.7. The highest BCUT2D eigenvalue weighted by atomic mass is 35.5. The fourth-order valence-corrected chi connectivity index (χ4v) is 5.65. The summed E-state index contributed by atoms with van der Waals surface area (Å²) in [6.45, 7) is 12.2. The average Bonchev–Trinajstić information content (AvgIpc) is 2.90. The van der Waals surface area contributed by atoms with Gasteiger partial charge in [0, 0.05) is 56.1 Å². The standard InChI is InChI=1S/C26H40ClN9O/c1-4-10-30-26(37)21-24(29)33-25(22(27)32-21)35-13-14-36(19(5-2)16-35)20-8-11-34(12-9-20)15-18-7-6-17(3)31-23(18)28/h6-7,19-20H,4-5,8-16H2,1-3H3,(H2,28,31)(H2,29,33)(H,30,37). The van der Waals surface area contributed by atoms with Crippen LogP contribution in [-0.4, -0.2) is 82.0 Å². The van der Waals surface area contributed by atoms with Crippen LogP contribution in [0.2, 0.25) is 5.15 Å². The largest absolute Gasteiger partial charge is 0.383 e. The van der Waals surface area contributed by atoms with E-state index >= 15 is 0 Å². The van der Waals surface area contributed by atoms with Crippen molar-refractivity contribution in [3.8, 4) is 0 Å². The molecule has 37 heavy (non-hydrogen) atoms. The number of rotatable bonds is 8. The quantitative estimate of drug-likeness (QED) is 0.472. The van der Waals surface area contributed by atoms with Crippen LogP contribution in [0.15, 0.2) is 12.1 Å². The summed E-state index contributed by atoms with van der Waals surface area (Å²) in [4.78, 5) is 32.9. The van der Waals surface area contributed by atoms with E-state index in [9.17, 15) is 4.79 Å². The van der Waals surface area contributed by atoms with Crippen molar-refractivity contribution in [1.29, 1.82) is 0 Å². The smallest absolute Gasteiger partial charge is 0.273 e. The predicted octanol–water partition coefficient (Wildman–Crippen LogP) is 2.70. The Morgan fingerprint density at radius 2 is 1.84 bits per heavy atom. The number of aromatic nitrogens is 3. The average molecular weight is 530 g/mol. The molecule has 2 aromatic rings. The monoisotopic (exact) mass is 529 g/mol. The summed E-state index contributed by atoms with van der Waals surface area (Å²) in [7, 11) is 0. The van der Waals surface area contributed by atoms with E-state index in [1.54, 1.807) is 0 Å². The molecule has 2 aliphatic heterocycles. The first-order valence-electron chi connectivity index (χ1n) is 13.4. The Morgan fingerprint density at radius 1 is 1.08 bits per heavy atom.